The van der Waals surface area contributed by atoms with Gasteiger partial charge in [0.15, 0.2) is 18.1 Å². The molecule has 0 heterocycles. The molecule has 0 aliphatic carbocycles. The van der Waals surface area contributed by atoms with E-state index in [1.54, 1.807) is 60.7 Å². The van der Waals surface area contributed by atoms with E-state index in [1.165, 1.54) is 13.3 Å². The van der Waals surface area contributed by atoms with E-state index in [-0.39, 0.29) is 11.6 Å². The van der Waals surface area contributed by atoms with Gasteiger partial charge in [-0.2, -0.15) is 5.10 Å². The minimum Gasteiger partial charge on any atom is -0.494 e. The quantitative estimate of drug-likeness (QED) is 0.114. The van der Waals surface area contributed by atoms with E-state index in [1.807, 2.05) is 0 Å². The van der Waals surface area contributed by atoms with Crippen LogP contribution < -0.4 is 30.3 Å². The number of carbonyl (C=O) groups is 3. The number of ether oxygens (including phenoxy) is 3. The largest absolute Gasteiger partial charge is 0.494 e. The molecule has 0 saturated heterocycles. The summed E-state index contributed by atoms with van der Waals surface area (Å²) in [7, 11) is 1.44. The van der Waals surface area contributed by atoms with Gasteiger partial charge >= 0.3 is 11.8 Å². The number of benzene rings is 3. The van der Waals surface area contributed by atoms with Crippen LogP contribution in [0, 0.1) is 0 Å². The molecule has 3 rings (SSSR count). The van der Waals surface area contributed by atoms with E-state index >= 15 is 0 Å². The van der Waals surface area contributed by atoms with Gasteiger partial charge in [-0.1, -0.05) is 42.6 Å². The average Bonchev–Trinajstić information content (AvgIpc) is 2.95. The van der Waals surface area contributed by atoms with Gasteiger partial charge in [-0.05, 0) is 66.6 Å². The number of hydrogen-bond acceptors (Lipinski definition) is 7. The number of carbonyl (C=O) groups excluding carboxylic acids is 3. The molecule has 210 valence electrons. The summed E-state index contributed by atoms with van der Waals surface area (Å²) in [5.74, 6) is -0.971. The van der Waals surface area contributed by atoms with Gasteiger partial charge in [-0.25, -0.2) is 5.43 Å². The second-order valence-corrected chi connectivity index (χ2v) is 9.01. The number of hydrazone groups is 1. The van der Waals surface area contributed by atoms with Crippen molar-refractivity contribution in [3.63, 3.8) is 0 Å². The Bertz CT molecular complexity index is 1370. The highest BCUT2D eigenvalue weighted by atomic mass is 35.5. The zero-order valence-corrected chi connectivity index (χ0v) is 23.3. The van der Waals surface area contributed by atoms with Crippen molar-refractivity contribution in [2.45, 2.75) is 19.8 Å². The molecule has 40 heavy (non-hydrogen) atoms. The van der Waals surface area contributed by atoms with Crippen molar-refractivity contribution in [1.82, 2.24) is 5.43 Å². The molecule has 0 saturated carbocycles. The number of hydrogen-bond donors (Lipinski definition) is 3. The van der Waals surface area contributed by atoms with Gasteiger partial charge < -0.3 is 24.8 Å². The third-order valence-electron chi connectivity index (χ3n) is 5.24. The van der Waals surface area contributed by atoms with Crippen molar-refractivity contribution in [2.75, 3.05) is 31.0 Å². The van der Waals surface area contributed by atoms with Crippen LogP contribution in [-0.4, -0.2) is 44.3 Å². The molecule has 0 aliphatic heterocycles. The van der Waals surface area contributed by atoms with Gasteiger partial charge in [-0.15, -0.1) is 0 Å². The Hall–Kier alpha value is -4.28. The zero-order valence-electron chi connectivity index (χ0n) is 21.8. The number of rotatable bonds is 12. The number of methoxy groups -OCH3 is 1. The molecule has 3 aromatic carbocycles. The minimum absolute atomic E-state index is 0.227. The summed E-state index contributed by atoms with van der Waals surface area (Å²) in [6, 6.07) is 16.4. The van der Waals surface area contributed by atoms with Crippen molar-refractivity contribution in [3.8, 4) is 17.2 Å². The van der Waals surface area contributed by atoms with E-state index in [0.29, 0.717) is 45.8 Å². The smallest absolute Gasteiger partial charge is 0.329 e. The summed E-state index contributed by atoms with van der Waals surface area (Å²) < 4.78 is 16.5. The molecule has 0 atom stereocenters. The standard InChI is InChI=1S/C28H28Cl2N4O6/c1-3-4-14-39-20-11-9-19(10-12-20)32-27(36)28(37)34-31-16-18-8-13-23(24(15-18)38-2)40-17-25(35)33-22-7-5-6-21(29)26(22)30/h5-13,15-16H,3-4,14,17H2,1-2H3,(H,32,36)(H,33,35)(H,34,37)/b31-16-. The van der Waals surface area contributed by atoms with E-state index in [0.717, 1.165) is 12.8 Å². The summed E-state index contributed by atoms with van der Waals surface area (Å²) in [5, 5.41) is 9.47. The fourth-order valence-electron chi connectivity index (χ4n) is 3.19. The van der Waals surface area contributed by atoms with Crippen molar-refractivity contribution < 1.29 is 28.6 Å². The third-order valence-corrected chi connectivity index (χ3v) is 6.06. The Balaban J connectivity index is 1.49. The molecule has 10 nitrogen and oxygen atoms in total. The van der Waals surface area contributed by atoms with Crippen LogP contribution in [0.1, 0.15) is 25.3 Å². The summed E-state index contributed by atoms with van der Waals surface area (Å²) in [5.41, 5.74) is 3.51. The lowest BCUT2D eigenvalue weighted by Gasteiger charge is -2.12. The van der Waals surface area contributed by atoms with Crippen LogP contribution in [0.15, 0.2) is 65.8 Å². The van der Waals surface area contributed by atoms with Crippen LogP contribution in [-0.2, 0) is 14.4 Å². The number of unbranched alkanes of at least 4 members (excludes halogenated alkanes) is 1. The van der Waals surface area contributed by atoms with E-state index in [2.05, 4.69) is 28.1 Å². The SMILES string of the molecule is CCCCOc1ccc(NC(=O)C(=O)N/N=C\c2ccc(OCC(=O)Nc3cccc(Cl)c3Cl)c(OC)c2)cc1. The van der Waals surface area contributed by atoms with Crippen LogP contribution in [0.3, 0.4) is 0 Å². The third kappa shape index (κ3) is 9.18. The Kier molecular flexibility index (Phi) is 11.6. The number of anilines is 2. The van der Waals surface area contributed by atoms with Crippen LogP contribution in [0.4, 0.5) is 11.4 Å². The molecule has 0 unspecified atom stereocenters. The molecular formula is C28H28Cl2N4O6. The summed E-state index contributed by atoms with van der Waals surface area (Å²) in [6.45, 7) is 2.38. The van der Waals surface area contributed by atoms with E-state index in [4.69, 9.17) is 37.4 Å². The zero-order chi connectivity index (χ0) is 28.9. The molecule has 3 amide bonds. The molecule has 0 radical (unpaired) electrons. The molecule has 0 aromatic heterocycles. The highest BCUT2D eigenvalue weighted by Gasteiger charge is 2.14. The summed E-state index contributed by atoms with van der Waals surface area (Å²) in [6.07, 6.45) is 3.31. The topological polar surface area (TPSA) is 127 Å². The maximum Gasteiger partial charge on any atom is 0.329 e. The second-order valence-electron chi connectivity index (χ2n) is 8.23. The van der Waals surface area contributed by atoms with Crippen molar-refractivity contribution in [1.29, 1.82) is 0 Å². The van der Waals surface area contributed by atoms with Crippen molar-refractivity contribution in [3.05, 3.63) is 76.3 Å². The van der Waals surface area contributed by atoms with Gasteiger partial charge in [-0.3, -0.25) is 14.4 Å². The number of nitrogens with one attached hydrogen (secondary N) is 3. The highest BCUT2D eigenvalue weighted by molar-refractivity contribution is 6.44. The van der Waals surface area contributed by atoms with Gasteiger partial charge in [0.05, 0.1) is 35.7 Å². The second kappa shape index (κ2) is 15.3. The lowest BCUT2D eigenvalue weighted by molar-refractivity contribution is -0.136. The molecule has 3 N–H and O–H groups in total. The summed E-state index contributed by atoms with van der Waals surface area (Å²) in [4.78, 5) is 36.6. The van der Waals surface area contributed by atoms with Gasteiger partial charge in [0, 0.05) is 5.69 Å². The fourth-order valence-corrected chi connectivity index (χ4v) is 3.53. The Morgan fingerprint density at radius 1 is 0.925 bits per heavy atom. The highest BCUT2D eigenvalue weighted by Crippen LogP contribution is 2.30. The Morgan fingerprint density at radius 2 is 1.70 bits per heavy atom. The normalized spacial score (nSPS) is 10.6. The van der Waals surface area contributed by atoms with Gasteiger partial charge in [0.2, 0.25) is 0 Å². The first-order chi connectivity index (χ1) is 19.3. The molecule has 0 bridgehead atoms. The molecular weight excluding hydrogens is 559 g/mol. The van der Waals surface area contributed by atoms with Gasteiger partial charge in [0.25, 0.3) is 5.91 Å². The first kappa shape index (κ1) is 30.3. The van der Waals surface area contributed by atoms with Crippen LogP contribution in [0.5, 0.6) is 17.2 Å². The maximum atomic E-state index is 12.3. The molecule has 12 heteroatoms. The van der Waals surface area contributed by atoms with Crippen LogP contribution in [0.2, 0.25) is 10.0 Å². The lowest BCUT2D eigenvalue weighted by Crippen LogP contribution is -2.32. The lowest BCUT2D eigenvalue weighted by atomic mass is 10.2. The first-order valence-corrected chi connectivity index (χ1v) is 13.0. The number of halogens is 2. The predicted octanol–water partition coefficient (Wildman–Crippen LogP) is 5.29. The number of nitrogens with zero attached hydrogens (tertiary/aromatic N) is 1. The van der Waals surface area contributed by atoms with E-state index in [9.17, 15) is 14.4 Å². The van der Waals surface area contributed by atoms with Crippen LogP contribution in [0.25, 0.3) is 0 Å². The molecule has 0 spiro atoms. The Morgan fingerprint density at radius 3 is 2.42 bits per heavy atom. The minimum atomic E-state index is -0.947. The molecule has 3 aromatic rings. The maximum absolute atomic E-state index is 12.3. The van der Waals surface area contributed by atoms with Crippen molar-refractivity contribution in [2.24, 2.45) is 5.10 Å². The summed E-state index contributed by atoms with van der Waals surface area (Å²) >= 11 is 12.0. The Labute approximate surface area is 241 Å². The van der Waals surface area contributed by atoms with Crippen LogP contribution >= 0.6 is 23.2 Å². The fraction of sp³-hybridized carbons (Fsp3) is 0.214. The van der Waals surface area contributed by atoms with Gasteiger partial charge in [0.1, 0.15) is 5.75 Å². The molecule has 0 fully saturated rings. The predicted molar refractivity (Wildman–Crippen MR) is 155 cm³/mol. The average molecular weight is 587 g/mol. The first-order valence-electron chi connectivity index (χ1n) is 12.2. The van der Waals surface area contributed by atoms with Crippen molar-refractivity contribution >= 4 is 58.5 Å². The monoisotopic (exact) mass is 586 g/mol. The van der Waals surface area contributed by atoms with E-state index < -0.39 is 17.7 Å². The number of amides is 3. The molecule has 0 aliphatic rings.